The van der Waals surface area contributed by atoms with Gasteiger partial charge in [-0.15, -0.1) is 0 Å². The lowest BCUT2D eigenvalue weighted by molar-refractivity contribution is 1.24. The molecule has 0 unspecified atom stereocenters. The van der Waals surface area contributed by atoms with Crippen LogP contribution in [-0.2, 0) is 0 Å². The zero-order chi connectivity index (χ0) is 15.2. The largest absolute Gasteiger partial charge is 0.335 e. The molecule has 0 saturated heterocycles. The van der Waals surface area contributed by atoms with Crippen molar-refractivity contribution in [3.05, 3.63) is 61.1 Å². The highest BCUT2D eigenvalue weighted by molar-refractivity contribution is 6.20. The van der Waals surface area contributed by atoms with Gasteiger partial charge in [-0.1, -0.05) is 18.2 Å². The monoisotopic (exact) mass is 297 g/mol. The molecule has 0 aliphatic heterocycles. The molecule has 0 spiro atoms. The molecule has 1 aromatic carbocycles. The van der Waals surface area contributed by atoms with Crippen molar-refractivity contribution in [1.82, 2.24) is 24.9 Å². The number of aromatic nitrogens is 5. The molecule has 4 heterocycles. The van der Waals surface area contributed by atoms with Crippen LogP contribution in [0.5, 0.6) is 0 Å². The fourth-order valence-electron chi connectivity index (χ4n) is 2.97. The number of hydrogen-bond acceptors (Lipinski definition) is 4. The number of nitrogens with zero attached hydrogens (tertiary/aromatic N) is 4. The van der Waals surface area contributed by atoms with Gasteiger partial charge in [-0.2, -0.15) is 0 Å². The third kappa shape index (κ3) is 1.73. The molecule has 0 bridgehead atoms. The van der Waals surface area contributed by atoms with Crippen LogP contribution in [0.1, 0.15) is 0 Å². The third-order valence-electron chi connectivity index (χ3n) is 3.98. The Balaban J connectivity index is 1.99. The molecule has 5 nitrogen and oxygen atoms in total. The quantitative estimate of drug-likeness (QED) is 0.479. The molecule has 0 aliphatic rings. The van der Waals surface area contributed by atoms with Crippen molar-refractivity contribution in [2.75, 3.05) is 0 Å². The zero-order valence-corrected chi connectivity index (χ0v) is 12.1. The summed E-state index contributed by atoms with van der Waals surface area (Å²) >= 11 is 0. The number of hydrogen-bond donors (Lipinski definition) is 1. The molecule has 5 rings (SSSR count). The third-order valence-corrected chi connectivity index (χ3v) is 3.98. The highest BCUT2D eigenvalue weighted by atomic mass is 15.0. The van der Waals surface area contributed by atoms with Crippen molar-refractivity contribution < 1.29 is 0 Å². The van der Waals surface area contributed by atoms with Crippen molar-refractivity contribution in [2.45, 2.75) is 0 Å². The highest BCUT2D eigenvalue weighted by Crippen LogP contribution is 2.32. The summed E-state index contributed by atoms with van der Waals surface area (Å²) in [6, 6.07) is 13.8. The van der Waals surface area contributed by atoms with Crippen LogP contribution < -0.4 is 0 Å². The topological polar surface area (TPSA) is 67.3 Å². The molecule has 0 saturated carbocycles. The summed E-state index contributed by atoms with van der Waals surface area (Å²) < 4.78 is 0. The first-order valence-electron chi connectivity index (χ1n) is 7.34. The smallest absolute Gasteiger partial charge is 0.157 e. The number of rotatable bonds is 1. The van der Waals surface area contributed by atoms with E-state index in [0.717, 1.165) is 44.4 Å². The van der Waals surface area contributed by atoms with Gasteiger partial charge in [-0.05, 0) is 24.3 Å². The van der Waals surface area contributed by atoms with Gasteiger partial charge in [0.1, 0.15) is 11.2 Å². The minimum Gasteiger partial charge on any atom is -0.335 e. The Bertz CT molecular complexity index is 1090. The second-order valence-electron chi connectivity index (χ2n) is 5.32. The van der Waals surface area contributed by atoms with E-state index >= 15 is 0 Å². The number of nitrogens with one attached hydrogen (secondary N) is 1. The van der Waals surface area contributed by atoms with Gasteiger partial charge in [0.05, 0.1) is 16.6 Å². The molecule has 0 radical (unpaired) electrons. The average Bonchev–Trinajstić information content (AvgIpc) is 3.09. The highest BCUT2D eigenvalue weighted by Gasteiger charge is 2.15. The van der Waals surface area contributed by atoms with Crippen LogP contribution >= 0.6 is 0 Å². The molecule has 0 atom stereocenters. The van der Waals surface area contributed by atoms with E-state index in [4.69, 9.17) is 4.98 Å². The van der Waals surface area contributed by atoms with Crippen molar-refractivity contribution in [3.8, 4) is 11.5 Å². The van der Waals surface area contributed by atoms with Crippen LogP contribution in [0.2, 0.25) is 0 Å². The van der Waals surface area contributed by atoms with Crippen LogP contribution in [0.3, 0.4) is 0 Å². The molecule has 0 amide bonds. The van der Waals surface area contributed by atoms with E-state index in [1.54, 1.807) is 18.6 Å². The Morgan fingerprint density at radius 2 is 1.39 bits per heavy atom. The van der Waals surface area contributed by atoms with Gasteiger partial charge in [0, 0.05) is 29.4 Å². The molecule has 0 aliphatic carbocycles. The maximum Gasteiger partial charge on any atom is 0.157 e. The first kappa shape index (κ1) is 12.2. The molecular formula is C18H11N5. The van der Waals surface area contributed by atoms with Crippen LogP contribution in [0.4, 0.5) is 0 Å². The summed E-state index contributed by atoms with van der Waals surface area (Å²) in [4.78, 5) is 21.6. The number of pyridine rings is 3. The second kappa shape index (κ2) is 4.58. The van der Waals surface area contributed by atoms with Gasteiger partial charge in [-0.25, -0.2) is 4.98 Å². The molecule has 1 N–H and O–H groups in total. The average molecular weight is 297 g/mol. The Kier molecular flexibility index (Phi) is 2.43. The minimum absolute atomic E-state index is 0.728. The first-order chi connectivity index (χ1) is 11.4. The maximum absolute atomic E-state index is 4.74. The summed E-state index contributed by atoms with van der Waals surface area (Å²) in [5, 5.41) is 2.13. The van der Waals surface area contributed by atoms with Gasteiger partial charge < -0.3 is 4.98 Å². The van der Waals surface area contributed by atoms with Gasteiger partial charge >= 0.3 is 0 Å². The second-order valence-corrected chi connectivity index (χ2v) is 5.32. The Labute approximate surface area is 131 Å². The Morgan fingerprint density at radius 1 is 0.652 bits per heavy atom. The van der Waals surface area contributed by atoms with E-state index in [9.17, 15) is 0 Å². The van der Waals surface area contributed by atoms with Gasteiger partial charge in [0.2, 0.25) is 0 Å². The minimum atomic E-state index is 0.728. The number of aromatic amines is 1. The summed E-state index contributed by atoms with van der Waals surface area (Å²) in [5.74, 6) is 0.728. The molecule has 0 fully saturated rings. The van der Waals surface area contributed by atoms with Gasteiger partial charge in [0.15, 0.2) is 5.82 Å². The van der Waals surface area contributed by atoms with Gasteiger partial charge in [-0.3, -0.25) is 15.0 Å². The Hall–Kier alpha value is -3.34. The molecule has 23 heavy (non-hydrogen) atoms. The van der Waals surface area contributed by atoms with Crippen molar-refractivity contribution in [1.29, 1.82) is 0 Å². The van der Waals surface area contributed by atoms with E-state index in [2.05, 4.69) is 32.1 Å². The van der Waals surface area contributed by atoms with E-state index < -0.39 is 0 Å². The standard InChI is InChI=1S/C18H11N5/c1-2-8-19-13(7-1)18-22-16-14-11(5-3-9-20-14)12-6-4-10-21-15(12)17(16)23-18/h1-10H,(H,22,23). The summed E-state index contributed by atoms with van der Waals surface area (Å²) in [6.07, 6.45) is 5.35. The zero-order valence-electron chi connectivity index (χ0n) is 12.1. The first-order valence-corrected chi connectivity index (χ1v) is 7.34. The molecule has 108 valence electrons. The summed E-state index contributed by atoms with van der Waals surface area (Å²) in [5.41, 5.74) is 4.30. The van der Waals surface area contributed by atoms with Crippen LogP contribution in [0.25, 0.3) is 44.4 Å². The van der Waals surface area contributed by atoms with E-state index in [0.29, 0.717) is 0 Å². The van der Waals surface area contributed by atoms with Crippen molar-refractivity contribution >= 4 is 32.8 Å². The lowest BCUT2D eigenvalue weighted by Crippen LogP contribution is -1.86. The fourth-order valence-corrected chi connectivity index (χ4v) is 2.97. The fraction of sp³-hybridized carbons (Fsp3) is 0. The number of imidazole rings is 1. The van der Waals surface area contributed by atoms with E-state index in [1.807, 2.05) is 30.3 Å². The molecular weight excluding hydrogens is 286 g/mol. The predicted octanol–water partition coefficient (Wildman–Crippen LogP) is 3.72. The van der Waals surface area contributed by atoms with Crippen molar-refractivity contribution in [2.24, 2.45) is 0 Å². The normalized spacial score (nSPS) is 11.5. The van der Waals surface area contributed by atoms with E-state index in [-0.39, 0.29) is 0 Å². The lowest BCUT2D eigenvalue weighted by atomic mass is 10.1. The summed E-state index contributed by atoms with van der Waals surface area (Å²) in [7, 11) is 0. The molecule has 5 heteroatoms. The molecule has 4 aromatic heterocycles. The van der Waals surface area contributed by atoms with E-state index in [1.165, 1.54) is 0 Å². The predicted molar refractivity (Wildman–Crippen MR) is 89.9 cm³/mol. The van der Waals surface area contributed by atoms with Crippen LogP contribution in [0.15, 0.2) is 61.1 Å². The maximum atomic E-state index is 4.74. The Morgan fingerprint density at radius 3 is 2.17 bits per heavy atom. The van der Waals surface area contributed by atoms with Crippen LogP contribution in [0, 0.1) is 0 Å². The number of H-pyrrole nitrogens is 1. The van der Waals surface area contributed by atoms with Gasteiger partial charge in [0.25, 0.3) is 0 Å². The molecule has 5 aromatic rings. The SMILES string of the molecule is c1ccc(-c2nc3c4ncccc4c4cccnc4c3[nH]2)nc1. The number of fused-ring (bicyclic) bond motifs is 6. The van der Waals surface area contributed by atoms with Crippen LogP contribution in [-0.4, -0.2) is 24.9 Å². The summed E-state index contributed by atoms with van der Waals surface area (Å²) in [6.45, 7) is 0. The lowest BCUT2D eigenvalue weighted by Gasteiger charge is -2.03. The number of benzene rings is 1. The van der Waals surface area contributed by atoms with Crippen molar-refractivity contribution in [3.63, 3.8) is 0 Å².